The zero-order chi connectivity index (χ0) is 19.8. The Morgan fingerprint density at radius 3 is 2.38 bits per heavy atom. The van der Waals surface area contributed by atoms with E-state index in [1.54, 1.807) is 6.08 Å². The number of carbonyl (C=O) groups is 1. The Morgan fingerprint density at radius 1 is 1.12 bits per heavy atom. The number of ether oxygens (including phenoxy) is 2. The average molecular weight is 381 g/mol. The second-order valence-corrected chi connectivity index (χ2v) is 13.5. The lowest BCUT2D eigenvalue weighted by Gasteiger charge is -2.39. The lowest BCUT2D eigenvalue weighted by molar-refractivity contribution is -0.289. The van der Waals surface area contributed by atoms with Crippen LogP contribution in [0.3, 0.4) is 0 Å². The van der Waals surface area contributed by atoms with Gasteiger partial charge in [-0.05, 0) is 44.5 Å². The van der Waals surface area contributed by atoms with Crippen molar-refractivity contribution in [3.8, 4) is 0 Å². The molecule has 26 heavy (non-hydrogen) atoms. The van der Waals surface area contributed by atoms with Gasteiger partial charge in [0, 0.05) is 6.42 Å². The van der Waals surface area contributed by atoms with E-state index in [4.69, 9.17) is 13.9 Å². The zero-order valence-electron chi connectivity index (χ0n) is 17.5. The lowest BCUT2D eigenvalue weighted by atomic mass is 10.0. The van der Waals surface area contributed by atoms with Crippen molar-refractivity contribution in [1.82, 2.24) is 0 Å². The summed E-state index contributed by atoms with van der Waals surface area (Å²) in [5.74, 6) is -0.637. The van der Waals surface area contributed by atoms with Crippen molar-refractivity contribution in [2.45, 2.75) is 83.6 Å². The second kappa shape index (κ2) is 9.79. The number of aldehydes is 1. The van der Waals surface area contributed by atoms with Gasteiger partial charge in [0.1, 0.15) is 6.29 Å². The molecule has 4 nitrogen and oxygen atoms in total. The van der Waals surface area contributed by atoms with E-state index in [1.807, 2.05) is 26.0 Å². The van der Waals surface area contributed by atoms with E-state index in [2.05, 4.69) is 46.0 Å². The summed E-state index contributed by atoms with van der Waals surface area (Å²) in [4.78, 5) is 10.5. The second-order valence-electron chi connectivity index (χ2n) is 8.72. The molecule has 0 aliphatic carbocycles. The summed E-state index contributed by atoms with van der Waals surface area (Å²) in [5, 5.41) is 0.235. The Morgan fingerprint density at radius 2 is 1.77 bits per heavy atom. The molecule has 1 aliphatic rings. The fraction of sp³-hybridized carbons (Fsp3) is 0.667. The number of hydrogen-bond acceptors (Lipinski definition) is 4. The molecule has 0 radical (unpaired) electrons. The maximum Gasteiger partial charge on any atom is 0.192 e. The zero-order valence-corrected chi connectivity index (χ0v) is 18.5. The van der Waals surface area contributed by atoms with Gasteiger partial charge in [-0.3, -0.25) is 4.79 Å². The third kappa shape index (κ3) is 8.12. The highest BCUT2D eigenvalue weighted by atomic mass is 28.4. The molecule has 0 aromatic heterocycles. The third-order valence-electron chi connectivity index (χ3n) is 4.91. The van der Waals surface area contributed by atoms with Gasteiger partial charge in [-0.2, -0.15) is 0 Å². The van der Waals surface area contributed by atoms with Crippen molar-refractivity contribution in [3.05, 3.63) is 36.5 Å². The fourth-order valence-corrected chi connectivity index (χ4v) is 3.44. The monoisotopic (exact) mass is 380 g/mol. The van der Waals surface area contributed by atoms with Crippen LogP contribution in [0.15, 0.2) is 36.5 Å². The van der Waals surface area contributed by atoms with Crippen LogP contribution in [0.1, 0.15) is 47.5 Å². The molecule has 1 aliphatic heterocycles. The van der Waals surface area contributed by atoms with Crippen LogP contribution in [0.25, 0.3) is 0 Å². The highest BCUT2D eigenvalue weighted by molar-refractivity contribution is 6.74. The van der Waals surface area contributed by atoms with Crippen LogP contribution in [-0.4, -0.2) is 39.2 Å². The topological polar surface area (TPSA) is 44.8 Å². The summed E-state index contributed by atoms with van der Waals surface area (Å²) in [6.45, 7) is 15.7. The minimum atomic E-state index is -1.68. The van der Waals surface area contributed by atoms with Crippen LogP contribution >= 0.6 is 0 Å². The van der Waals surface area contributed by atoms with Gasteiger partial charge in [-0.1, -0.05) is 51.2 Å². The molecule has 1 fully saturated rings. The highest BCUT2D eigenvalue weighted by Gasteiger charge is 2.36. The molecule has 0 aromatic carbocycles. The minimum absolute atomic E-state index is 0.0770. The lowest BCUT2D eigenvalue weighted by Crippen LogP contribution is -2.43. The van der Waals surface area contributed by atoms with Gasteiger partial charge in [-0.15, -0.1) is 0 Å². The predicted octanol–water partition coefficient (Wildman–Crippen LogP) is 5.18. The van der Waals surface area contributed by atoms with Crippen molar-refractivity contribution >= 4 is 14.6 Å². The number of rotatable bonds is 8. The van der Waals surface area contributed by atoms with E-state index in [-0.39, 0.29) is 17.2 Å². The van der Waals surface area contributed by atoms with Gasteiger partial charge >= 0.3 is 0 Å². The van der Waals surface area contributed by atoms with Gasteiger partial charge in [-0.25, -0.2) is 0 Å². The average Bonchev–Trinajstić information content (AvgIpc) is 2.49. The first-order valence-electron chi connectivity index (χ1n) is 9.40. The quantitative estimate of drug-likeness (QED) is 0.252. The van der Waals surface area contributed by atoms with Gasteiger partial charge < -0.3 is 13.9 Å². The molecular weight excluding hydrogens is 344 g/mol. The van der Waals surface area contributed by atoms with Crippen LogP contribution in [0, 0.1) is 0 Å². The molecule has 0 N–H and O–H groups in total. The van der Waals surface area contributed by atoms with Crippen LogP contribution < -0.4 is 0 Å². The van der Waals surface area contributed by atoms with E-state index in [0.29, 0.717) is 6.61 Å². The molecule has 5 heteroatoms. The first kappa shape index (κ1) is 23.0. The molecular formula is C21H36O4Si. The van der Waals surface area contributed by atoms with E-state index in [1.165, 1.54) is 6.08 Å². The van der Waals surface area contributed by atoms with Crippen LogP contribution in [0.4, 0.5) is 0 Å². The Labute approximate surface area is 160 Å². The molecule has 0 aromatic rings. The predicted molar refractivity (Wildman–Crippen MR) is 110 cm³/mol. The first-order valence-corrected chi connectivity index (χ1v) is 12.3. The normalized spacial score (nSPS) is 24.7. The number of hydrogen-bond donors (Lipinski definition) is 0. The molecule has 0 saturated carbocycles. The molecule has 1 rings (SSSR count). The van der Waals surface area contributed by atoms with Crippen LogP contribution in [-0.2, 0) is 18.7 Å². The molecule has 2 atom stereocenters. The summed E-state index contributed by atoms with van der Waals surface area (Å²) < 4.78 is 17.9. The Bertz CT molecular complexity index is 527. The molecule has 1 saturated heterocycles. The van der Waals surface area contributed by atoms with Crippen molar-refractivity contribution in [1.29, 1.82) is 0 Å². The summed E-state index contributed by atoms with van der Waals surface area (Å²) in [6, 6.07) is 0. The highest BCUT2D eigenvalue weighted by Crippen LogP contribution is 2.36. The Hall–Kier alpha value is -1.01. The molecule has 1 heterocycles. The van der Waals surface area contributed by atoms with Gasteiger partial charge in [0.25, 0.3) is 0 Å². The van der Waals surface area contributed by atoms with Gasteiger partial charge in [0.2, 0.25) is 0 Å². The van der Waals surface area contributed by atoms with E-state index in [9.17, 15) is 4.79 Å². The summed E-state index contributed by atoms with van der Waals surface area (Å²) >= 11 is 0. The van der Waals surface area contributed by atoms with E-state index < -0.39 is 14.1 Å². The number of allylic oxidation sites excluding steroid dienone is 3. The Kier molecular flexibility index (Phi) is 8.67. The summed E-state index contributed by atoms with van der Waals surface area (Å²) in [5.41, 5.74) is 0. The Balaban J connectivity index is 2.43. The summed E-state index contributed by atoms with van der Waals surface area (Å²) in [6.07, 6.45) is 13.8. The van der Waals surface area contributed by atoms with Crippen molar-refractivity contribution in [2.75, 3.05) is 6.61 Å². The van der Waals surface area contributed by atoms with Gasteiger partial charge in [0.15, 0.2) is 14.1 Å². The molecule has 0 unspecified atom stereocenters. The molecule has 0 amide bonds. The fourth-order valence-electron chi connectivity index (χ4n) is 2.50. The van der Waals surface area contributed by atoms with E-state index >= 15 is 0 Å². The summed E-state index contributed by atoms with van der Waals surface area (Å²) in [7, 11) is -1.68. The SMILES string of the molecule is CC1(C)O[C@@H](C/C=C\C=C\CO[Si](C)(C)C(C)(C)C)C[C@H](/C=C/C=O)O1. The van der Waals surface area contributed by atoms with Crippen LogP contribution in [0.2, 0.25) is 18.1 Å². The maximum absolute atomic E-state index is 10.5. The number of carbonyl (C=O) groups excluding carboxylic acids is 1. The smallest absolute Gasteiger partial charge is 0.192 e. The van der Waals surface area contributed by atoms with E-state index in [0.717, 1.165) is 19.1 Å². The van der Waals surface area contributed by atoms with Gasteiger partial charge in [0.05, 0.1) is 18.8 Å². The molecule has 0 bridgehead atoms. The minimum Gasteiger partial charge on any atom is -0.413 e. The standard InChI is InChI=1S/C21H36O4Si/c1-20(2,3)26(6,7)23-16-11-9-8-10-13-18-17-19(14-12-15-22)25-21(4,5)24-18/h8-12,14-15,18-19H,13,16-17H2,1-7H3/b10-8-,11-9+,14-12+/t18-,19-/m0/s1. The first-order chi connectivity index (χ1) is 12.0. The van der Waals surface area contributed by atoms with Crippen molar-refractivity contribution in [3.63, 3.8) is 0 Å². The van der Waals surface area contributed by atoms with Crippen molar-refractivity contribution in [2.24, 2.45) is 0 Å². The third-order valence-corrected chi connectivity index (χ3v) is 9.41. The largest absolute Gasteiger partial charge is 0.413 e. The van der Waals surface area contributed by atoms with Crippen molar-refractivity contribution < 1.29 is 18.7 Å². The van der Waals surface area contributed by atoms with Crippen LogP contribution in [0.5, 0.6) is 0 Å². The molecule has 148 valence electrons. The molecule has 0 spiro atoms. The maximum atomic E-state index is 10.5.